The molecule has 2 rings (SSSR count). The SMILES string of the molecule is CSCC[C@H](NC(=O)N1CCN(c2ccc(F)cc2)CC1)C(=O)[O-]. The summed E-state index contributed by atoms with van der Waals surface area (Å²) in [6.07, 6.45) is 2.22. The molecule has 1 aliphatic rings. The van der Waals surface area contributed by atoms with Gasteiger partial charge in [0.15, 0.2) is 0 Å². The van der Waals surface area contributed by atoms with Crippen LogP contribution in [0.4, 0.5) is 14.9 Å². The van der Waals surface area contributed by atoms with E-state index in [1.165, 1.54) is 23.9 Å². The van der Waals surface area contributed by atoms with Crippen LogP contribution in [0.2, 0.25) is 0 Å². The van der Waals surface area contributed by atoms with Gasteiger partial charge in [-0.25, -0.2) is 9.18 Å². The molecule has 24 heavy (non-hydrogen) atoms. The number of thioether (sulfide) groups is 1. The van der Waals surface area contributed by atoms with Gasteiger partial charge in [-0.15, -0.1) is 0 Å². The summed E-state index contributed by atoms with van der Waals surface area (Å²) >= 11 is 1.52. The Labute approximate surface area is 145 Å². The van der Waals surface area contributed by atoms with Crippen molar-refractivity contribution in [3.05, 3.63) is 30.1 Å². The molecule has 8 heteroatoms. The molecular formula is C16H21FN3O3S-. The Morgan fingerprint density at radius 3 is 2.42 bits per heavy atom. The lowest BCUT2D eigenvalue weighted by Gasteiger charge is -2.36. The third kappa shape index (κ3) is 5.02. The first kappa shape index (κ1) is 18.4. The van der Waals surface area contributed by atoms with Crippen molar-refractivity contribution in [2.24, 2.45) is 0 Å². The Balaban J connectivity index is 1.85. The minimum atomic E-state index is -1.26. The predicted molar refractivity (Wildman–Crippen MR) is 90.5 cm³/mol. The Bertz CT molecular complexity index is 562. The third-order valence-electron chi connectivity index (χ3n) is 3.95. The lowest BCUT2D eigenvalue weighted by molar-refractivity contribution is -0.308. The van der Waals surface area contributed by atoms with Gasteiger partial charge >= 0.3 is 6.03 Å². The smallest absolute Gasteiger partial charge is 0.318 e. The molecule has 1 aromatic rings. The van der Waals surface area contributed by atoms with E-state index in [0.717, 1.165) is 5.69 Å². The maximum absolute atomic E-state index is 13.0. The number of carbonyl (C=O) groups is 2. The number of carboxylic acid groups (broad SMARTS) is 1. The number of carbonyl (C=O) groups excluding carboxylic acids is 2. The second kappa shape index (κ2) is 8.77. The van der Waals surface area contributed by atoms with Crippen LogP contribution in [-0.2, 0) is 4.79 Å². The number of nitrogens with zero attached hydrogens (tertiary/aromatic N) is 2. The summed E-state index contributed by atoms with van der Waals surface area (Å²) in [5.74, 6) is -0.908. The largest absolute Gasteiger partial charge is 0.548 e. The van der Waals surface area contributed by atoms with Crippen LogP contribution >= 0.6 is 11.8 Å². The number of piperazine rings is 1. The van der Waals surface area contributed by atoms with Crippen LogP contribution in [0.5, 0.6) is 0 Å². The predicted octanol–water partition coefficient (Wildman–Crippen LogP) is 0.529. The topological polar surface area (TPSA) is 75.7 Å². The van der Waals surface area contributed by atoms with E-state index < -0.39 is 12.0 Å². The minimum absolute atomic E-state index is 0.282. The van der Waals surface area contributed by atoms with Crippen LogP contribution in [0, 0.1) is 5.82 Å². The molecule has 0 unspecified atom stereocenters. The number of anilines is 1. The maximum atomic E-state index is 13.0. The molecule has 0 bridgehead atoms. The van der Waals surface area contributed by atoms with Gasteiger partial charge in [0.1, 0.15) is 5.82 Å². The highest BCUT2D eigenvalue weighted by Gasteiger charge is 2.23. The fraction of sp³-hybridized carbons (Fsp3) is 0.500. The number of nitrogens with one attached hydrogen (secondary N) is 1. The Hall–Kier alpha value is -1.96. The van der Waals surface area contributed by atoms with Gasteiger partial charge in [-0.1, -0.05) is 0 Å². The summed E-state index contributed by atoms with van der Waals surface area (Å²) in [5.41, 5.74) is 0.907. The third-order valence-corrected chi connectivity index (χ3v) is 4.60. The van der Waals surface area contributed by atoms with Crippen molar-refractivity contribution in [1.82, 2.24) is 10.2 Å². The van der Waals surface area contributed by atoms with Crippen molar-refractivity contribution in [3.8, 4) is 0 Å². The highest BCUT2D eigenvalue weighted by atomic mass is 32.2. The van der Waals surface area contributed by atoms with Gasteiger partial charge in [-0.2, -0.15) is 11.8 Å². The van der Waals surface area contributed by atoms with E-state index in [1.54, 1.807) is 17.0 Å². The molecule has 0 aliphatic carbocycles. The molecular weight excluding hydrogens is 333 g/mol. The quantitative estimate of drug-likeness (QED) is 0.806. The average molecular weight is 354 g/mol. The van der Waals surface area contributed by atoms with Crippen LogP contribution in [-0.4, -0.2) is 61.1 Å². The van der Waals surface area contributed by atoms with Crippen molar-refractivity contribution in [2.45, 2.75) is 12.5 Å². The molecule has 132 valence electrons. The van der Waals surface area contributed by atoms with Gasteiger partial charge in [0.05, 0.1) is 12.0 Å². The second-order valence-electron chi connectivity index (χ2n) is 5.55. The summed E-state index contributed by atoms with van der Waals surface area (Å²) in [6.45, 7) is 2.18. The zero-order chi connectivity index (χ0) is 17.5. The average Bonchev–Trinajstić information content (AvgIpc) is 2.59. The van der Waals surface area contributed by atoms with Crippen molar-refractivity contribution < 1.29 is 19.1 Å². The molecule has 0 spiro atoms. The first-order chi connectivity index (χ1) is 11.5. The first-order valence-corrected chi connectivity index (χ1v) is 9.16. The van der Waals surface area contributed by atoms with Crippen LogP contribution in [0.3, 0.4) is 0 Å². The van der Waals surface area contributed by atoms with Crippen molar-refractivity contribution in [1.29, 1.82) is 0 Å². The summed E-state index contributed by atoms with van der Waals surface area (Å²) in [4.78, 5) is 27.0. The first-order valence-electron chi connectivity index (χ1n) is 7.77. The molecule has 0 saturated carbocycles. The molecule has 1 fully saturated rings. The molecule has 0 aromatic heterocycles. The molecule has 2 amide bonds. The summed E-state index contributed by atoms with van der Waals surface area (Å²) in [5, 5.41) is 13.6. The van der Waals surface area contributed by atoms with E-state index in [4.69, 9.17) is 0 Å². The standard InChI is InChI=1S/C16H22FN3O3S/c1-24-11-6-14(15(21)22)18-16(23)20-9-7-19(8-10-20)13-4-2-12(17)3-5-13/h2-5,14H,6-11H2,1H3,(H,18,23)(H,21,22)/p-1/t14-/m0/s1. The van der Waals surface area contributed by atoms with Gasteiger partial charge in [-0.3, -0.25) is 0 Å². The van der Waals surface area contributed by atoms with Crippen LogP contribution in [0.25, 0.3) is 0 Å². The van der Waals surface area contributed by atoms with E-state index >= 15 is 0 Å². The number of halogens is 1. The number of aliphatic carboxylic acids is 1. The van der Waals surface area contributed by atoms with Gasteiger partial charge < -0.3 is 25.0 Å². The highest BCUT2D eigenvalue weighted by Crippen LogP contribution is 2.17. The lowest BCUT2D eigenvalue weighted by Crippen LogP contribution is -2.56. The zero-order valence-electron chi connectivity index (χ0n) is 13.5. The van der Waals surface area contributed by atoms with Crippen LogP contribution in [0.1, 0.15) is 6.42 Å². The molecule has 0 radical (unpaired) electrons. The van der Waals surface area contributed by atoms with E-state index in [2.05, 4.69) is 10.2 Å². The molecule has 1 atom stereocenters. The highest BCUT2D eigenvalue weighted by molar-refractivity contribution is 7.98. The lowest BCUT2D eigenvalue weighted by atomic mass is 10.2. The second-order valence-corrected chi connectivity index (χ2v) is 6.54. The summed E-state index contributed by atoms with van der Waals surface area (Å²) in [7, 11) is 0. The van der Waals surface area contributed by atoms with Gasteiger partial charge in [0, 0.05) is 31.9 Å². The van der Waals surface area contributed by atoms with Crippen molar-refractivity contribution in [2.75, 3.05) is 43.1 Å². The van der Waals surface area contributed by atoms with Crippen molar-refractivity contribution in [3.63, 3.8) is 0 Å². The zero-order valence-corrected chi connectivity index (χ0v) is 14.4. The van der Waals surface area contributed by atoms with Gasteiger partial charge in [0.25, 0.3) is 0 Å². The Kier molecular flexibility index (Phi) is 6.72. The molecule has 1 aliphatic heterocycles. The molecule has 1 saturated heterocycles. The maximum Gasteiger partial charge on any atom is 0.318 e. The summed E-state index contributed by atoms with van der Waals surface area (Å²) in [6, 6.07) is 4.87. The van der Waals surface area contributed by atoms with E-state index in [0.29, 0.717) is 38.4 Å². The number of carboxylic acids is 1. The fourth-order valence-corrected chi connectivity index (χ4v) is 3.02. The number of hydrogen-bond donors (Lipinski definition) is 1. The summed E-state index contributed by atoms with van der Waals surface area (Å²) < 4.78 is 13.0. The number of urea groups is 1. The fourth-order valence-electron chi connectivity index (χ4n) is 2.54. The number of amides is 2. The number of benzene rings is 1. The van der Waals surface area contributed by atoms with E-state index in [-0.39, 0.29) is 11.8 Å². The van der Waals surface area contributed by atoms with Crippen molar-refractivity contribution >= 4 is 29.4 Å². The van der Waals surface area contributed by atoms with Gasteiger partial charge in [0.2, 0.25) is 0 Å². The molecule has 1 N–H and O–H groups in total. The minimum Gasteiger partial charge on any atom is -0.548 e. The number of rotatable bonds is 6. The van der Waals surface area contributed by atoms with Crippen LogP contribution in [0.15, 0.2) is 24.3 Å². The molecule has 6 nitrogen and oxygen atoms in total. The van der Waals surface area contributed by atoms with Gasteiger partial charge in [-0.05, 0) is 42.7 Å². The van der Waals surface area contributed by atoms with Crippen LogP contribution < -0.4 is 15.3 Å². The van der Waals surface area contributed by atoms with E-state index in [1.807, 2.05) is 6.26 Å². The Morgan fingerprint density at radius 2 is 1.88 bits per heavy atom. The molecule has 1 heterocycles. The van der Waals surface area contributed by atoms with E-state index in [9.17, 15) is 19.1 Å². The Morgan fingerprint density at radius 1 is 1.25 bits per heavy atom. The number of hydrogen-bond acceptors (Lipinski definition) is 5. The monoisotopic (exact) mass is 354 g/mol. The normalized spacial score (nSPS) is 15.9. The molecule has 1 aromatic carbocycles.